The van der Waals surface area contributed by atoms with E-state index in [9.17, 15) is 9.18 Å². The van der Waals surface area contributed by atoms with Crippen LogP contribution in [0.15, 0.2) is 48.6 Å². The van der Waals surface area contributed by atoms with Crippen molar-refractivity contribution >= 4 is 28.3 Å². The molecule has 1 unspecified atom stereocenters. The maximum Gasteiger partial charge on any atom is 0.309 e. The van der Waals surface area contributed by atoms with Crippen LogP contribution < -0.4 is 4.90 Å². The molecule has 0 spiro atoms. The van der Waals surface area contributed by atoms with E-state index < -0.39 is 5.85 Å². The van der Waals surface area contributed by atoms with Crippen molar-refractivity contribution in [1.82, 2.24) is 4.98 Å². The second-order valence-electron chi connectivity index (χ2n) is 7.78. The van der Waals surface area contributed by atoms with Gasteiger partial charge in [0.2, 0.25) is 5.85 Å². The predicted molar refractivity (Wildman–Crippen MR) is 116 cm³/mol. The number of rotatable bonds is 5. The number of nitrogens with zero attached hydrogens (tertiary/aromatic N) is 2. The third-order valence-corrected chi connectivity index (χ3v) is 5.90. The Morgan fingerprint density at radius 1 is 1.27 bits per heavy atom. The molecular formula is C24H27FN2O3. The molecule has 0 bridgehead atoms. The zero-order chi connectivity index (χ0) is 21.1. The van der Waals surface area contributed by atoms with Gasteiger partial charge in [-0.3, -0.25) is 4.79 Å². The number of pyridine rings is 1. The van der Waals surface area contributed by atoms with Gasteiger partial charge in [-0.1, -0.05) is 18.2 Å². The van der Waals surface area contributed by atoms with Crippen molar-refractivity contribution in [2.45, 2.75) is 32.0 Å². The summed E-state index contributed by atoms with van der Waals surface area (Å²) in [5.41, 5.74) is 2.93. The number of carbonyl (C=O) groups excluding carboxylic acids is 1. The van der Waals surface area contributed by atoms with E-state index in [4.69, 9.17) is 14.5 Å². The SMILES string of the molecule is CCOC(=O)C1CCN(c2ccc3cc(C4=CCC(F)(OC)C=C4)ccc3n2)CC1. The molecule has 2 aliphatic rings. The highest BCUT2D eigenvalue weighted by atomic mass is 19.2. The van der Waals surface area contributed by atoms with Gasteiger partial charge in [-0.05, 0) is 61.2 Å². The van der Waals surface area contributed by atoms with Crippen molar-refractivity contribution in [2.75, 3.05) is 31.7 Å². The summed E-state index contributed by atoms with van der Waals surface area (Å²) < 4.78 is 24.2. The Morgan fingerprint density at radius 3 is 2.73 bits per heavy atom. The van der Waals surface area contributed by atoms with Crippen LogP contribution in [0.25, 0.3) is 16.5 Å². The van der Waals surface area contributed by atoms with Crippen molar-refractivity contribution in [1.29, 1.82) is 0 Å². The number of fused-ring (bicyclic) bond motifs is 1. The number of methoxy groups -OCH3 is 1. The average Bonchev–Trinajstić information content (AvgIpc) is 2.79. The monoisotopic (exact) mass is 410 g/mol. The Morgan fingerprint density at radius 2 is 2.07 bits per heavy atom. The number of ether oxygens (including phenoxy) is 2. The molecule has 1 aliphatic heterocycles. The van der Waals surface area contributed by atoms with Crippen LogP contribution in [0, 0.1) is 5.92 Å². The summed E-state index contributed by atoms with van der Waals surface area (Å²) in [5.74, 6) is -0.881. The lowest BCUT2D eigenvalue weighted by Crippen LogP contribution is -2.37. The number of carbonyl (C=O) groups is 1. The van der Waals surface area contributed by atoms with E-state index in [0.29, 0.717) is 6.61 Å². The van der Waals surface area contributed by atoms with Gasteiger partial charge in [0.05, 0.1) is 18.0 Å². The number of benzene rings is 1. The van der Waals surface area contributed by atoms with E-state index in [-0.39, 0.29) is 18.3 Å². The highest BCUT2D eigenvalue weighted by molar-refractivity contribution is 5.87. The number of alkyl halides is 1. The fraction of sp³-hybridized carbons (Fsp3) is 0.417. The summed E-state index contributed by atoms with van der Waals surface area (Å²) in [5, 5.41) is 1.04. The van der Waals surface area contributed by atoms with Crippen molar-refractivity contribution in [3.63, 3.8) is 0 Å². The van der Waals surface area contributed by atoms with Gasteiger partial charge in [0, 0.05) is 32.0 Å². The molecule has 1 atom stereocenters. The first kappa shape index (κ1) is 20.5. The quantitative estimate of drug-likeness (QED) is 0.671. The van der Waals surface area contributed by atoms with Gasteiger partial charge in [-0.15, -0.1) is 0 Å². The number of allylic oxidation sites excluding steroid dienone is 2. The summed E-state index contributed by atoms with van der Waals surface area (Å²) in [6.07, 6.45) is 6.87. The second-order valence-corrected chi connectivity index (χ2v) is 7.78. The largest absolute Gasteiger partial charge is 0.466 e. The van der Waals surface area contributed by atoms with Crippen molar-refractivity contribution in [3.8, 4) is 0 Å². The third kappa shape index (κ3) is 4.24. The molecule has 6 heteroatoms. The molecule has 1 fully saturated rings. The van der Waals surface area contributed by atoms with Crippen LogP contribution in [-0.2, 0) is 14.3 Å². The molecule has 30 heavy (non-hydrogen) atoms. The minimum atomic E-state index is -1.71. The first-order chi connectivity index (χ1) is 14.5. The molecule has 1 saturated heterocycles. The lowest BCUT2D eigenvalue weighted by Gasteiger charge is -2.31. The Bertz CT molecular complexity index is 995. The second kappa shape index (κ2) is 8.56. The van der Waals surface area contributed by atoms with Gasteiger partial charge in [-0.25, -0.2) is 9.37 Å². The molecule has 1 aromatic heterocycles. The molecular weight excluding hydrogens is 383 g/mol. The van der Waals surface area contributed by atoms with Crippen molar-refractivity contribution in [2.24, 2.45) is 5.92 Å². The Kier molecular flexibility index (Phi) is 5.86. The number of aromatic nitrogens is 1. The Balaban J connectivity index is 1.47. The van der Waals surface area contributed by atoms with E-state index >= 15 is 0 Å². The average molecular weight is 410 g/mol. The van der Waals surface area contributed by atoms with Gasteiger partial charge in [-0.2, -0.15) is 0 Å². The lowest BCUT2D eigenvalue weighted by molar-refractivity contribution is -0.148. The van der Waals surface area contributed by atoms with E-state index in [1.807, 2.05) is 31.2 Å². The number of halogens is 1. The van der Waals surface area contributed by atoms with Gasteiger partial charge in [0.25, 0.3) is 0 Å². The van der Waals surface area contributed by atoms with Gasteiger partial charge < -0.3 is 14.4 Å². The normalized spacial score (nSPS) is 22.2. The molecule has 0 saturated carbocycles. The van der Waals surface area contributed by atoms with Crippen LogP contribution in [0.2, 0.25) is 0 Å². The number of hydrogen-bond acceptors (Lipinski definition) is 5. The van der Waals surface area contributed by atoms with E-state index in [1.165, 1.54) is 13.2 Å². The number of hydrogen-bond donors (Lipinski definition) is 0. The molecule has 4 rings (SSSR count). The maximum atomic E-state index is 14.2. The Hall–Kier alpha value is -2.73. The fourth-order valence-electron chi connectivity index (χ4n) is 4.04. The first-order valence-corrected chi connectivity index (χ1v) is 10.5. The van der Waals surface area contributed by atoms with Crippen LogP contribution in [0.4, 0.5) is 10.2 Å². The molecule has 1 aliphatic carbocycles. The summed E-state index contributed by atoms with van der Waals surface area (Å²) in [7, 11) is 1.38. The maximum absolute atomic E-state index is 14.2. The highest BCUT2D eigenvalue weighted by Crippen LogP contribution is 2.32. The van der Waals surface area contributed by atoms with E-state index in [2.05, 4.69) is 17.0 Å². The zero-order valence-electron chi connectivity index (χ0n) is 17.4. The Labute approximate surface area is 176 Å². The minimum absolute atomic E-state index is 0.0118. The number of piperidine rings is 1. The van der Waals surface area contributed by atoms with Gasteiger partial charge >= 0.3 is 5.97 Å². The third-order valence-electron chi connectivity index (χ3n) is 5.90. The first-order valence-electron chi connectivity index (χ1n) is 10.5. The summed E-state index contributed by atoms with van der Waals surface area (Å²) in [4.78, 5) is 19.0. The van der Waals surface area contributed by atoms with Crippen LogP contribution in [0.3, 0.4) is 0 Å². The van der Waals surface area contributed by atoms with Gasteiger partial charge in [0.15, 0.2) is 0 Å². The molecule has 2 aromatic rings. The predicted octanol–water partition coefficient (Wildman–Crippen LogP) is 4.67. The van der Waals surface area contributed by atoms with Crippen LogP contribution in [0.1, 0.15) is 31.7 Å². The fourth-order valence-corrected chi connectivity index (χ4v) is 4.04. The topological polar surface area (TPSA) is 51.7 Å². The molecule has 0 amide bonds. The molecule has 0 N–H and O–H groups in total. The number of esters is 1. The van der Waals surface area contributed by atoms with Crippen LogP contribution in [0.5, 0.6) is 0 Å². The summed E-state index contributed by atoms with van der Waals surface area (Å²) >= 11 is 0. The zero-order valence-corrected chi connectivity index (χ0v) is 17.4. The molecule has 0 radical (unpaired) electrons. The lowest BCUT2D eigenvalue weighted by atomic mass is 9.96. The molecule has 2 heterocycles. The minimum Gasteiger partial charge on any atom is -0.466 e. The summed E-state index contributed by atoms with van der Waals surface area (Å²) in [6.45, 7) is 3.86. The molecule has 1 aromatic carbocycles. The van der Waals surface area contributed by atoms with E-state index in [1.54, 1.807) is 6.08 Å². The summed E-state index contributed by atoms with van der Waals surface area (Å²) in [6, 6.07) is 10.2. The van der Waals surface area contributed by atoms with Crippen LogP contribution in [-0.4, -0.2) is 43.6 Å². The highest BCUT2D eigenvalue weighted by Gasteiger charge is 2.28. The van der Waals surface area contributed by atoms with Gasteiger partial charge in [0.1, 0.15) is 5.82 Å². The molecule has 5 nitrogen and oxygen atoms in total. The van der Waals surface area contributed by atoms with Crippen LogP contribution >= 0.6 is 0 Å². The molecule has 158 valence electrons. The standard InChI is InChI=1S/C24H27FN2O3/c1-3-30-23(28)18-10-14-27(15-11-18)22-7-5-20-16-19(4-6-21(20)26-22)17-8-12-24(25,29-2)13-9-17/h4-9,12,16,18H,3,10-11,13-15H2,1-2H3. The number of anilines is 1. The smallest absolute Gasteiger partial charge is 0.309 e. The van der Waals surface area contributed by atoms with Crippen molar-refractivity contribution in [3.05, 3.63) is 54.1 Å². The van der Waals surface area contributed by atoms with E-state index in [0.717, 1.165) is 53.8 Å². The van der Waals surface area contributed by atoms with Crippen molar-refractivity contribution < 1.29 is 18.7 Å².